The number of carbonyl (C=O) groups excluding carboxylic acids is 2. The molecule has 0 spiro atoms. The molecule has 0 saturated carbocycles. The zero-order chi connectivity index (χ0) is 32.6. The number of rotatable bonds is 12. The second-order valence-electron chi connectivity index (χ2n) is 11.5. The van der Waals surface area contributed by atoms with E-state index in [4.69, 9.17) is 5.73 Å². The Morgan fingerprint density at radius 3 is 2.20 bits per heavy atom. The van der Waals surface area contributed by atoms with Gasteiger partial charge in [0.1, 0.15) is 17.7 Å². The third kappa shape index (κ3) is 10.3. The van der Waals surface area contributed by atoms with Gasteiger partial charge < -0.3 is 26.2 Å². The van der Waals surface area contributed by atoms with E-state index in [-0.39, 0.29) is 42.4 Å². The summed E-state index contributed by atoms with van der Waals surface area (Å²) in [7, 11) is 0. The fraction of sp³-hybridized carbons (Fsp3) is 0.600. The molecule has 16 heteroatoms. The number of aromatic nitrogens is 2. The number of nitrogens with one attached hydrogen (secondary N) is 2. The SMILES string of the molecule is Cl.NCCNC(=O)CCCC1CCN(c2cc(N3CCCC3C(=O)NCCc3ccc(C(F)(F)F)cc3)nc(C(F)(F)F)n2)CC1. The Bertz CT molecular complexity index is 1290. The largest absolute Gasteiger partial charge is 0.451 e. The van der Waals surface area contributed by atoms with Crippen LogP contribution >= 0.6 is 12.4 Å². The van der Waals surface area contributed by atoms with Crippen LogP contribution in [0.3, 0.4) is 0 Å². The summed E-state index contributed by atoms with van der Waals surface area (Å²) in [6.07, 6.45) is -4.46. The Morgan fingerprint density at radius 1 is 0.891 bits per heavy atom. The van der Waals surface area contributed by atoms with Crippen molar-refractivity contribution >= 4 is 35.9 Å². The van der Waals surface area contributed by atoms with Crippen molar-refractivity contribution in [2.24, 2.45) is 11.7 Å². The van der Waals surface area contributed by atoms with Gasteiger partial charge in [-0.3, -0.25) is 9.59 Å². The predicted molar refractivity (Wildman–Crippen MR) is 164 cm³/mol. The van der Waals surface area contributed by atoms with Crippen LogP contribution in [0, 0.1) is 5.92 Å². The van der Waals surface area contributed by atoms with Crippen LogP contribution < -0.4 is 26.2 Å². The molecular weight excluding hydrogens is 640 g/mol. The highest BCUT2D eigenvalue weighted by Gasteiger charge is 2.39. The van der Waals surface area contributed by atoms with E-state index >= 15 is 0 Å². The first kappa shape index (κ1) is 37.1. The van der Waals surface area contributed by atoms with Gasteiger partial charge in [0.15, 0.2) is 0 Å². The number of anilines is 2. The molecule has 1 aromatic carbocycles. The molecule has 0 radical (unpaired) electrons. The van der Waals surface area contributed by atoms with Gasteiger partial charge in [0.2, 0.25) is 17.6 Å². The first-order chi connectivity index (χ1) is 21.3. The monoisotopic (exact) mass is 679 g/mol. The lowest BCUT2D eigenvalue weighted by Crippen LogP contribution is -2.44. The zero-order valence-corrected chi connectivity index (χ0v) is 26.1. The molecule has 1 unspecified atom stereocenters. The van der Waals surface area contributed by atoms with Crippen LogP contribution in [-0.2, 0) is 28.4 Å². The van der Waals surface area contributed by atoms with Crippen LogP contribution in [0.5, 0.6) is 0 Å². The molecule has 2 aromatic rings. The molecular formula is C30H40ClF6N7O2. The lowest BCUT2D eigenvalue weighted by atomic mass is 9.91. The van der Waals surface area contributed by atoms with Gasteiger partial charge in [-0.2, -0.15) is 26.3 Å². The van der Waals surface area contributed by atoms with Crippen LogP contribution in [0.25, 0.3) is 0 Å². The van der Waals surface area contributed by atoms with Crippen molar-refractivity contribution in [3.05, 3.63) is 47.3 Å². The maximum atomic E-state index is 13.9. The van der Waals surface area contributed by atoms with Crippen molar-refractivity contribution in [3.8, 4) is 0 Å². The Balaban J connectivity index is 0.00000576. The van der Waals surface area contributed by atoms with Crippen molar-refractivity contribution in [1.29, 1.82) is 0 Å². The molecule has 4 N–H and O–H groups in total. The van der Waals surface area contributed by atoms with Crippen molar-refractivity contribution in [3.63, 3.8) is 0 Å². The summed E-state index contributed by atoms with van der Waals surface area (Å²) < 4.78 is 80.0. The van der Waals surface area contributed by atoms with Gasteiger partial charge in [0.25, 0.3) is 0 Å². The highest BCUT2D eigenvalue weighted by molar-refractivity contribution is 5.86. The molecule has 0 bridgehead atoms. The molecule has 2 aliphatic rings. The summed E-state index contributed by atoms with van der Waals surface area (Å²) in [5.74, 6) is -1.17. The second-order valence-corrected chi connectivity index (χ2v) is 11.5. The van der Waals surface area contributed by atoms with Gasteiger partial charge in [-0.1, -0.05) is 12.1 Å². The van der Waals surface area contributed by atoms with E-state index in [0.717, 1.165) is 37.8 Å². The molecule has 256 valence electrons. The van der Waals surface area contributed by atoms with E-state index in [1.807, 2.05) is 0 Å². The molecule has 1 aromatic heterocycles. The normalized spacial score (nSPS) is 17.5. The van der Waals surface area contributed by atoms with Crippen LogP contribution in [0.1, 0.15) is 61.9 Å². The summed E-state index contributed by atoms with van der Waals surface area (Å²) >= 11 is 0. The minimum atomic E-state index is -4.79. The molecule has 2 fully saturated rings. The lowest BCUT2D eigenvalue weighted by molar-refractivity contribution is -0.144. The summed E-state index contributed by atoms with van der Waals surface area (Å²) in [4.78, 5) is 35.9. The highest BCUT2D eigenvalue weighted by atomic mass is 35.5. The fourth-order valence-electron chi connectivity index (χ4n) is 5.78. The zero-order valence-electron chi connectivity index (χ0n) is 25.3. The summed E-state index contributed by atoms with van der Waals surface area (Å²) in [5.41, 5.74) is 5.24. The van der Waals surface area contributed by atoms with Gasteiger partial charge in [-0.15, -0.1) is 12.4 Å². The summed E-state index contributed by atoms with van der Waals surface area (Å²) in [6, 6.07) is 5.43. The smallest absolute Gasteiger partial charge is 0.356 e. The maximum Gasteiger partial charge on any atom is 0.451 e. The van der Waals surface area contributed by atoms with Gasteiger partial charge >= 0.3 is 12.4 Å². The Hall–Kier alpha value is -3.33. The molecule has 1 atom stereocenters. The number of benzene rings is 1. The summed E-state index contributed by atoms with van der Waals surface area (Å²) in [6.45, 7) is 2.33. The highest BCUT2D eigenvalue weighted by Crippen LogP contribution is 2.34. The first-order valence-electron chi connectivity index (χ1n) is 15.2. The van der Waals surface area contributed by atoms with E-state index in [1.54, 1.807) is 9.80 Å². The predicted octanol–water partition coefficient (Wildman–Crippen LogP) is 4.73. The minimum absolute atomic E-state index is 0. The molecule has 3 heterocycles. The molecule has 9 nitrogen and oxygen atoms in total. The van der Waals surface area contributed by atoms with Crippen molar-refractivity contribution < 1.29 is 35.9 Å². The van der Waals surface area contributed by atoms with Gasteiger partial charge in [-0.05, 0) is 68.6 Å². The van der Waals surface area contributed by atoms with E-state index in [2.05, 4.69) is 20.6 Å². The average molecular weight is 680 g/mol. The number of hydrogen-bond acceptors (Lipinski definition) is 7. The lowest BCUT2D eigenvalue weighted by Gasteiger charge is -2.34. The molecule has 46 heavy (non-hydrogen) atoms. The van der Waals surface area contributed by atoms with Crippen LogP contribution in [0.2, 0.25) is 0 Å². The number of alkyl halides is 6. The van der Waals surface area contributed by atoms with Gasteiger partial charge in [0.05, 0.1) is 5.56 Å². The fourth-order valence-corrected chi connectivity index (χ4v) is 5.78. The van der Waals surface area contributed by atoms with Crippen LogP contribution in [0.15, 0.2) is 30.3 Å². The number of amides is 2. The topological polar surface area (TPSA) is 116 Å². The number of carbonyl (C=O) groups is 2. The summed E-state index contributed by atoms with van der Waals surface area (Å²) in [5, 5.41) is 5.51. The number of hydrogen-bond donors (Lipinski definition) is 3. The Morgan fingerprint density at radius 2 is 1.57 bits per heavy atom. The van der Waals surface area contributed by atoms with Crippen molar-refractivity contribution in [2.45, 2.75) is 69.8 Å². The molecule has 0 aliphatic carbocycles. The molecule has 4 rings (SSSR count). The minimum Gasteiger partial charge on any atom is -0.356 e. The number of nitrogens with zero attached hydrogens (tertiary/aromatic N) is 4. The molecule has 2 aliphatic heterocycles. The molecule has 2 amide bonds. The number of halogens is 7. The number of nitrogens with two attached hydrogens (primary N) is 1. The average Bonchev–Trinajstić information content (AvgIpc) is 3.50. The van der Waals surface area contributed by atoms with Gasteiger partial charge in [0, 0.05) is 51.8 Å². The van der Waals surface area contributed by atoms with Crippen molar-refractivity contribution in [2.75, 3.05) is 49.1 Å². The van der Waals surface area contributed by atoms with E-state index in [9.17, 15) is 35.9 Å². The standard InChI is InChI=1S/C30H39F6N7O2.ClH/c31-29(32,33)22-8-6-21(7-9-22)10-14-39-27(45)23-4-2-16-43(23)25-19-24(40-28(41-25)30(34,35)36)42-17-11-20(12-18-42)3-1-5-26(44)38-15-13-37;/h6-9,19-20,23H,1-5,10-18,37H2,(H,38,44)(H,39,45);1H. The maximum absolute atomic E-state index is 13.9. The van der Waals surface area contributed by atoms with E-state index in [0.29, 0.717) is 69.9 Å². The molecule has 2 saturated heterocycles. The van der Waals surface area contributed by atoms with Crippen molar-refractivity contribution in [1.82, 2.24) is 20.6 Å². The third-order valence-electron chi connectivity index (χ3n) is 8.22. The third-order valence-corrected chi connectivity index (χ3v) is 8.22. The quantitative estimate of drug-likeness (QED) is 0.278. The Labute approximate surface area is 270 Å². The van der Waals surface area contributed by atoms with Crippen LogP contribution in [0.4, 0.5) is 38.0 Å². The number of piperidine rings is 1. The Kier molecular flexibility index (Phi) is 13.3. The van der Waals surface area contributed by atoms with E-state index in [1.165, 1.54) is 18.2 Å². The first-order valence-corrected chi connectivity index (χ1v) is 15.2. The van der Waals surface area contributed by atoms with Crippen LogP contribution in [-0.4, -0.2) is 67.1 Å². The van der Waals surface area contributed by atoms with Gasteiger partial charge in [-0.25, -0.2) is 9.97 Å². The van der Waals surface area contributed by atoms with E-state index < -0.39 is 29.8 Å². The second kappa shape index (κ2) is 16.5.